The number of amides is 2. The summed E-state index contributed by atoms with van der Waals surface area (Å²) in [7, 11) is 1.94. The van der Waals surface area contributed by atoms with Crippen molar-refractivity contribution in [2.75, 3.05) is 26.8 Å². The van der Waals surface area contributed by atoms with E-state index >= 15 is 0 Å². The van der Waals surface area contributed by atoms with Crippen LogP contribution in [-0.2, 0) is 14.3 Å². The van der Waals surface area contributed by atoms with Gasteiger partial charge < -0.3 is 14.5 Å². The summed E-state index contributed by atoms with van der Waals surface area (Å²) in [5.41, 5.74) is 0. The third-order valence-corrected chi connectivity index (χ3v) is 6.14. The molecule has 0 spiro atoms. The molecule has 0 bridgehead atoms. The highest BCUT2D eigenvalue weighted by molar-refractivity contribution is 5.84. The molecule has 1 atom stereocenters. The van der Waals surface area contributed by atoms with Crippen LogP contribution in [0.25, 0.3) is 0 Å². The van der Waals surface area contributed by atoms with Crippen molar-refractivity contribution in [3.05, 3.63) is 0 Å². The summed E-state index contributed by atoms with van der Waals surface area (Å²) < 4.78 is 5.41. The predicted molar refractivity (Wildman–Crippen MR) is 92.5 cm³/mol. The molecule has 0 N–H and O–H groups in total. The molecule has 1 saturated carbocycles. The fourth-order valence-corrected chi connectivity index (χ4v) is 4.54. The highest BCUT2D eigenvalue weighted by Crippen LogP contribution is 2.28. The first-order valence-corrected chi connectivity index (χ1v) is 9.80. The lowest BCUT2D eigenvalue weighted by molar-refractivity contribution is -0.146. The zero-order chi connectivity index (χ0) is 16.9. The predicted octanol–water partition coefficient (Wildman–Crippen LogP) is 2.59. The molecule has 3 rings (SSSR count). The lowest BCUT2D eigenvalue weighted by Gasteiger charge is -2.40. The van der Waals surface area contributed by atoms with Gasteiger partial charge in [0.1, 0.15) is 0 Å². The average Bonchev–Trinajstić information content (AvgIpc) is 2.91. The Morgan fingerprint density at radius 3 is 2.38 bits per heavy atom. The van der Waals surface area contributed by atoms with E-state index in [0.29, 0.717) is 31.5 Å². The quantitative estimate of drug-likeness (QED) is 0.744. The lowest BCUT2D eigenvalue weighted by atomic mass is 9.92. The fraction of sp³-hybridized carbons (Fsp3) is 0.895. The Balaban J connectivity index is 1.61. The molecule has 0 unspecified atom stereocenters. The second-order valence-electron chi connectivity index (χ2n) is 7.72. The van der Waals surface area contributed by atoms with E-state index in [-0.39, 0.29) is 17.7 Å². The summed E-state index contributed by atoms with van der Waals surface area (Å²) in [5.74, 6) is 0.478. The van der Waals surface area contributed by atoms with Crippen LogP contribution < -0.4 is 0 Å². The minimum Gasteiger partial charge on any atom is -0.381 e. The number of carbonyl (C=O) groups is 2. The summed E-state index contributed by atoms with van der Waals surface area (Å²) in [5, 5.41) is 0. The SMILES string of the molecule is CN(C(=O)[C@H]1CCC(=O)N(C2CCCCCC2)C1)C1CCOCC1. The summed E-state index contributed by atoms with van der Waals surface area (Å²) >= 11 is 0. The van der Waals surface area contributed by atoms with E-state index in [1.54, 1.807) is 0 Å². The average molecular weight is 336 g/mol. The van der Waals surface area contributed by atoms with Gasteiger partial charge in [0.2, 0.25) is 11.8 Å². The van der Waals surface area contributed by atoms with Crippen molar-refractivity contribution < 1.29 is 14.3 Å². The van der Waals surface area contributed by atoms with Crippen molar-refractivity contribution in [1.82, 2.24) is 9.80 Å². The topological polar surface area (TPSA) is 49.9 Å². The Morgan fingerprint density at radius 1 is 1.04 bits per heavy atom. The lowest BCUT2D eigenvalue weighted by Crippen LogP contribution is -2.52. The van der Waals surface area contributed by atoms with Crippen LogP contribution in [0.2, 0.25) is 0 Å². The van der Waals surface area contributed by atoms with E-state index in [9.17, 15) is 9.59 Å². The standard InChI is InChI=1S/C19H32N2O3/c1-20(16-10-12-24-13-11-16)19(23)15-8-9-18(22)21(14-15)17-6-4-2-3-5-7-17/h15-17H,2-14H2,1H3/t15-/m0/s1. The zero-order valence-corrected chi connectivity index (χ0v) is 15.0. The minimum atomic E-state index is -0.0150. The van der Waals surface area contributed by atoms with Crippen molar-refractivity contribution >= 4 is 11.8 Å². The van der Waals surface area contributed by atoms with Crippen LogP contribution in [0.3, 0.4) is 0 Å². The Hall–Kier alpha value is -1.10. The monoisotopic (exact) mass is 336 g/mol. The molecule has 5 heteroatoms. The van der Waals surface area contributed by atoms with Gasteiger partial charge in [0.15, 0.2) is 0 Å². The smallest absolute Gasteiger partial charge is 0.227 e. The van der Waals surface area contributed by atoms with Crippen molar-refractivity contribution in [2.45, 2.75) is 76.3 Å². The number of nitrogens with zero attached hydrogens (tertiary/aromatic N) is 2. The maximum Gasteiger partial charge on any atom is 0.227 e. The number of hydrogen-bond donors (Lipinski definition) is 0. The van der Waals surface area contributed by atoms with Crippen molar-refractivity contribution in [1.29, 1.82) is 0 Å². The molecule has 0 aromatic rings. The second-order valence-corrected chi connectivity index (χ2v) is 7.72. The summed E-state index contributed by atoms with van der Waals surface area (Å²) in [6.07, 6.45) is 10.3. The summed E-state index contributed by atoms with van der Waals surface area (Å²) in [4.78, 5) is 29.4. The largest absolute Gasteiger partial charge is 0.381 e. The number of ether oxygens (including phenoxy) is 1. The minimum absolute atomic E-state index is 0.0150. The Morgan fingerprint density at radius 2 is 1.71 bits per heavy atom. The molecule has 2 heterocycles. The van der Waals surface area contributed by atoms with Gasteiger partial charge in [-0.3, -0.25) is 9.59 Å². The first-order chi connectivity index (χ1) is 11.7. The zero-order valence-electron chi connectivity index (χ0n) is 15.0. The van der Waals surface area contributed by atoms with Gasteiger partial charge in [-0.1, -0.05) is 25.7 Å². The normalized spacial score (nSPS) is 27.8. The number of hydrogen-bond acceptors (Lipinski definition) is 3. The van der Waals surface area contributed by atoms with Crippen LogP contribution in [0.4, 0.5) is 0 Å². The van der Waals surface area contributed by atoms with Crippen LogP contribution >= 0.6 is 0 Å². The molecule has 136 valence electrons. The second kappa shape index (κ2) is 8.32. The van der Waals surface area contributed by atoms with Crippen LogP contribution in [0.1, 0.15) is 64.2 Å². The first-order valence-electron chi connectivity index (χ1n) is 9.80. The molecule has 24 heavy (non-hydrogen) atoms. The van der Waals surface area contributed by atoms with Crippen molar-refractivity contribution in [3.63, 3.8) is 0 Å². The van der Waals surface area contributed by atoms with Gasteiger partial charge in [0.25, 0.3) is 0 Å². The molecule has 0 radical (unpaired) electrons. The Bertz CT molecular complexity index is 440. The van der Waals surface area contributed by atoms with Crippen molar-refractivity contribution in [2.24, 2.45) is 5.92 Å². The van der Waals surface area contributed by atoms with Crippen molar-refractivity contribution in [3.8, 4) is 0 Å². The van der Waals surface area contributed by atoms with Gasteiger partial charge in [0.05, 0.1) is 5.92 Å². The third kappa shape index (κ3) is 4.11. The molecule has 0 aromatic heterocycles. The van der Waals surface area contributed by atoms with E-state index in [0.717, 1.165) is 38.9 Å². The van der Waals surface area contributed by atoms with E-state index in [4.69, 9.17) is 4.74 Å². The Kier molecular flexibility index (Phi) is 6.14. The van der Waals surface area contributed by atoms with Gasteiger partial charge in [-0.25, -0.2) is 0 Å². The molecule has 2 aliphatic heterocycles. The highest BCUT2D eigenvalue weighted by atomic mass is 16.5. The van der Waals surface area contributed by atoms with E-state index in [1.807, 2.05) is 11.9 Å². The van der Waals surface area contributed by atoms with E-state index < -0.39 is 0 Å². The molecule has 2 saturated heterocycles. The van der Waals surface area contributed by atoms with Crippen LogP contribution in [0, 0.1) is 5.92 Å². The maximum absolute atomic E-state index is 12.9. The molecule has 2 amide bonds. The number of carbonyl (C=O) groups excluding carboxylic acids is 2. The molecular weight excluding hydrogens is 304 g/mol. The molecular formula is C19H32N2O3. The van der Waals surface area contributed by atoms with Crippen LogP contribution in [0.15, 0.2) is 0 Å². The maximum atomic E-state index is 12.9. The van der Waals surface area contributed by atoms with Gasteiger partial charge in [0, 0.05) is 45.3 Å². The number of likely N-dealkylation sites (tertiary alicyclic amines) is 1. The van der Waals surface area contributed by atoms with Gasteiger partial charge in [-0.05, 0) is 32.1 Å². The number of rotatable bonds is 3. The molecule has 3 aliphatic rings. The summed E-state index contributed by atoms with van der Waals surface area (Å²) in [6.45, 7) is 2.13. The third-order valence-electron chi connectivity index (χ3n) is 6.14. The number of piperidine rings is 1. The fourth-order valence-electron chi connectivity index (χ4n) is 4.54. The van der Waals surface area contributed by atoms with Gasteiger partial charge in [-0.15, -0.1) is 0 Å². The molecule has 5 nitrogen and oxygen atoms in total. The van der Waals surface area contributed by atoms with Gasteiger partial charge >= 0.3 is 0 Å². The van der Waals surface area contributed by atoms with Crippen LogP contribution in [-0.4, -0.2) is 60.5 Å². The highest BCUT2D eigenvalue weighted by Gasteiger charge is 2.36. The molecule has 3 fully saturated rings. The van der Waals surface area contributed by atoms with Gasteiger partial charge in [-0.2, -0.15) is 0 Å². The molecule has 1 aliphatic carbocycles. The first kappa shape index (κ1) is 17.7. The van der Waals surface area contributed by atoms with E-state index in [1.165, 1.54) is 25.7 Å². The Labute approximate surface area is 145 Å². The van der Waals surface area contributed by atoms with E-state index in [2.05, 4.69) is 4.90 Å². The summed E-state index contributed by atoms with van der Waals surface area (Å²) in [6, 6.07) is 0.666. The molecule has 0 aromatic carbocycles. The van der Waals surface area contributed by atoms with Crippen LogP contribution in [0.5, 0.6) is 0 Å².